The fourth-order valence-corrected chi connectivity index (χ4v) is 2.16. The van der Waals surface area contributed by atoms with Gasteiger partial charge in [-0.25, -0.2) is 0 Å². The number of hydrogen-bond donors (Lipinski definition) is 2. The first-order chi connectivity index (χ1) is 10.1. The molecule has 2 aromatic rings. The Labute approximate surface area is 137 Å². The summed E-state index contributed by atoms with van der Waals surface area (Å²) in [6.45, 7) is 2.90. The van der Waals surface area contributed by atoms with E-state index in [2.05, 4.69) is 22.6 Å². The number of rotatable bonds is 6. The third kappa shape index (κ3) is 4.35. The minimum absolute atomic E-state index is 0.0140. The van der Waals surface area contributed by atoms with Crippen LogP contribution in [0.3, 0.4) is 0 Å². The molecule has 0 saturated heterocycles. The van der Waals surface area contributed by atoms with Gasteiger partial charge in [-0.15, -0.1) is 0 Å². The molecule has 5 heteroatoms. The quantitative estimate of drug-likeness (QED) is 0.446. The Morgan fingerprint density at radius 3 is 2.43 bits per heavy atom. The number of halogens is 1. The van der Waals surface area contributed by atoms with Crippen molar-refractivity contribution < 1.29 is 9.47 Å². The second-order valence-electron chi connectivity index (χ2n) is 4.42. The maximum absolute atomic E-state index is 7.47. The van der Waals surface area contributed by atoms with Crippen molar-refractivity contribution in [2.75, 3.05) is 6.61 Å². The van der Waals surface area contributed by atoms with E-state index in [1.165, 1.54) is 3.57 Å². The van der Waals surface area contributed by atoms with E-state index >= 15 is 0 Å². The van der Waals surface area contributed by atoms with E-state index in [9.17, 15) is 0 Å². The fourth-order valence-electron chi connectivity index (χ4n) is 1.80. The Morgan fingerprint density at radius 1 is 1.10 bits per heavy atom. The first-order valence-corrected chi connectivity index (χ1v) is 7.66. The van der Waals surface area contributed by atoms with Crippen LogP contribution in [0.25, 0.3) is 0 Å². The third-order valence-electron chi connectivity index (χ3n) is 2.86. The molecule has 2 rings (SSSR count). The lowest BCUT2D eigenvalue weighted by Gasteiger charge is -2.13. The highest BCUT2D eigenvalue weighted by atomic mass is 127. The van der Waals surface area contributed by atoms with E-state index in [1.54, 1.807) is 18.2 Å². The highest BCUT2D eigenvalue weighted by Crippen LogP contribution is 2.29. The summed E-state index contributed by atoms with van der Waals surface area (Å²) >= 11 is 2.27. The lowest BCUT2D eigenvalue weighted by atomic mass is 10.2. The summed E-state index contributed by atoms with van der Waals surface area (Å²) in [6, 6.07) is 13.4. The molecule has 0 radical (unpaired) electrons. The average Bonchev–Trinajstić information content (AvgIpc) is 2.47. The molecule has 0 heterocycles. The van der Waals surface area contributed by atoms with Crippen LogP contribution in [0.4, 0.5) is 0 Å². The zero-order valence-electron chi connectivity index (χ0n) is 11.7. The van der Waals surface area contributed by atoms with Gasteiger partial charge in [0.1, 0.15) is 12.4 Å². The minimum atomic E-state index is 0.0140. The number of ether oxygens (including phenoxy) is 2. The van der Waals surface area contributed by atoms with Crippen molar-refractivity contribution >= 4 is 28.4 Å². The summed E-state index contributed by atoms with van der Waals surface area (Å²) in [6.07, 6.45) is 0. The summed E-state index contributed by atoms with van der Waals surface area (Å²) in [5.41, 5.74) is 7.21. The summed E-state index contributed by atoms with van der Waals surface area (Å²) < 4.78 is 12.6. The molecule has 110 valence electrons. The molecule has 0 atom stereocenters. The van der Waals surface area contributed by atoms with E-state index in [0.717, 1.165) is 5.56 Å². The Bertz CT molecular complexity index is 627. The number of amidine groups is 1. The van der Waals surface area contributed by atoms with E-state index in [-0.39, 0.29) is 5.84 Å². The van der Waals surface area contributed by atoms with E-state index in [4.69, 9.17) is 20.6 Å². The Kier molecular flexibility index (Phi) is 5.44. The van der Waals surface area contributed by atoms with Crippen molar-refractivity contribution in [1.29, 1.82) is 5.41 Å². The van der Waals surface area contributed by atoms with E-state index in [0.29, 0.717) is 30.3 Å². The van der Waals surface area contributed by atoms with Crippen LogP contribution in [0.2, 0.25) is 0 Å². The summed E-state index contributed by atoms with van der Waals surface area (Å²) in [5, 5.41) is 7.47. The zero-order chi connectivity index (χ0) is 15.2. The van der Waals surface area contributed by atoms with Gasteiger partial charge in [-0.2, -0.15) is 0 Å². The van der Waals surface area contributed by atoms with E-state index < -0.39 is 0 Å². The van der Waals surface area contributed by atoms with Crippen molar-refractivity contribution in [2.24, 2.45) is 5.73 Å². The van der Waals surface area contributed by atoms with Crippen molar-refractivity contribution in [3.8, 4) is 11.5 Å². The molecule has 3 N–H and O–H groups in total. The lowest BCUT2D eigenvalue weighted by molar-refractivity contribution is 0.269. The van der Waals surface area contributed by atoms with E-state index in [1.807, 2.05) is 31.2 Å². The highest BCUT2D eigenvalue weighted by molar-refractivity contribution is 14.1. The van der Waals surface area contributed by atoms with Crippen molar-refractivity contribution in [3.05, 3.63) is 57.2 Å². The predicted molar refractivity (Wildman–Crippen MR) is 92.1 cm³/mol. The van der Waals surface area contributed by atoms with Crippen molar-refractivity contribution in [1.82, 2.24) is 0 Å². The lowest BCUT2D eigenvalue weighted by Crippen LogP contribution is -2.11. The molecule has 0 spiro atoms. The number of benzene rings is 2. The minimum Gasteiger partial charge on any atom is -0.490 e. The van der Waals surface area contributed by atoms with Crippen LogP contribution in [0.15, 0.2) is 42.5 Å². The first kappa shape index (κ1) is 15.6. The van der Waals surface area contributed by atoms with Crippen LogP contribution in [-0.4, -0.2) is 12.4 Å². The van der Waals surface area contributed by atoms with Gasteiger partial charge >= 0.3 is 0 Å². The maximum Gasteiger partial charge on any atom is 0.161 e. The largest absolute Gasteiger partial charge is 0.490 e. The summed E-state index contributed by atoms with van der Waals surface area (Å²) in [4.78, 5) is 0. The Hall–Kier alpha value is -1.76. The van der Waals surface area contributed by atoms with Crippen LogP contribution in [0.1, 0.15) is 18.1 Å². The summed E-state index contributed by atoms with van der Waals surface area (Å²) in [7, 11) is 0. The predicted octanol–water partition coefficient (Wildman–Crippen LogP) is 3.55. The highest BCUT2D eigenvalue weighted by Gasteiger charge is 2.08. The van der Waals surface area contributed by atoms with Crippen LogP contribution in [-0.2, 0) is 6.61 Å². The molecular formula is C16H17IN2O2. The normalized spacial score (nSPS) is 10.2. The van der Waals surface area contributed by atoms with Gasteiger partial charge in [0.05, 0.1) is 6.61 Å². The van der Waals surface area contributed by atoms with Gasteiger partial charge in [0.25, 0.3) is 0 Å². The zero-order valence-corrected chi connectivity index (χ0v) is 13.9. The molecule has 0 aromatic heterocycles. The molecule has 0 unspecified atom stereocenters. The van der Waals surface area contributed by atoms with Crippen LogP contribution >= 0.6 is 22.6 Å². The molecule has 2 aromatic carbocycles. The molecule has 0 aliphatic heterocycles. The standard InChI is InChI=1S/C16H17IN2O2/c1-2-20-15-9-12(16(18)19)5-8-14(15)21-10-11-3-6-13(17)7-4-11/h3-9H,2,10H2,1H3,(H3,18,19). The molecule has 21 heavy (non-hydrogen) atoms. The molecule has 0 aliphatic carbocycles. The smallest absolute Gasteiger partial charge is 0.161 e. The Morgan fingerprint density at radius 2 is 1.81 bits per heavy atom. The molecule has 0 bridgehead atoms. The molecule has 4 nitrogen and oxygen atoms in total. The van der Waals surface area contributed by atoms with Crippen LogP contribution in [0.5, 0.6) is 11.5 Å². The second-order valence-corrected chi connectivity index (χ2v) is 5.67. The van der Waals surface area contributed by atoms with Gasteiger partial charge in [0.15, 0.2) is 11.5 Å². The molecular weight excluding hydrogens is 379 g/mol. The molecule has 0 aliphatic rings. The van der Waals surface area contributed by atoms with Gasteiger partial charge in [-0.1, -0.05) is 12.1 Å². The number of nitrogen functional groups attached to an aromatic ring is 1. The van der Waals surface area contributed by atoms with Crippen molar-refractivity contribution in [3.63, 3.8) is 0 Å². The first-order valence-electron chi connectivity index (χ1n) is 6.58. The van der Waals surface area contributed by atoms with Gasteiger partial charge in [-0.05, 0) is 65.4 Å². The third-order valence-corrected chi connectivity index (χ3v) is 3.58. The molecule has 0 saturated carbocycles. The monoisotopic (exact) mass is 396 g/mol. The van der Waals surface area contributed by atoms with Gasteiger partial charge in [0.2, 0.25) is 0 Å². The van der Waals surface area contributed by atoms with Crippen molar-refractivity contribution in [2.45, 2.75) is 13.5 Å². The van der Waals surface area contributed by atoms with Gasteiger partial charge in [0, 0.05) is 9.13 Å². The number of nitrogens with one attached hydrogen (secondary N) is 1. The molecule has 0 amide bonds. The SMILES string of the molecule is CCOc1cc(C(=N)N)ccc1OCc1ccc(I)cc1. The van der Waals surface area contributed by atoms with Crippen LogP contribution in [0, 0.1) is 8.98 Å². The Balaban J connectivity index is 2.14. The number of hydrogen-bond acceptors (Lipinski definition) is 3. The maximum atomic E-state index is 7.47. The number of nitrogens with two attached hydrogens (primary N) is 1. The van der Waals surface area contributed by atoms with Gasteiger partial charge < -0.3 is 15.2 Å². The fraction of sp³-hybridized carbons (Fsp3) is 0.188. The summed E-state index contributed by atoms with van der Waals surface area (Å²) in [5.74, 6) is 1.27. The van der Waals surface area contributed by atoms with Gasteiger partial charge in [-0.3, -0.25) is 5.41 Å². The van der Waals surface area contributed by atoms with Crippen LogP contribution < -0.4 is 15.2 Å². The molecule has 0 fully saturated rings. The average molecular weight is 396 g/mol. The second kappa shape index (κ2) is 7.31. The topological polar surface area (TPSA) is 68.3 Å².